The van der Waals surface area contributed by atoms with Crippen LogP contribution in [0.3, 0.4) is 0 Å². The van der Waals surface area contributed by atoms with Gasteiger partial charge in [0, 0.05) is 32.7 Å². The molecule has 0 aliphatic carbocycles. The van der Waals surface area contributed by atoms with Crippen LogP contribution < -0.4 is 15.4 Å². The third-order valence-electron chi connectivity index (χ3n) is 4.00. The number of nitrogens with one attached hydrogen (secondary N) is 2. The van der Waals surface area contributed by atoms with Crippen LogP contribution in [-0.2, 0) is 11.2 Å². The van der Waals surface area contributed by atoms with E-state index in [1.54, 1.807) is 7.11 Å². The van der Waals surface area contributed by atoms with Crippen LogP contribution >= 0.6 is 24.0 Å². The maximum Gasteiger partial charge on any atom is 0.191 e. The second-order valence-corrected chi connectivity index (χ2v) is 5.74. The van der Waals surface area contributed by atoms with Gasteiger partial charge in [-0.05, 0) is 31.0 Å². The van der Waals surface area contributed by atoms with Crippen LogP contribution in [-0.4, -0.2) is 70.5 Å². The van der Waals surface area contributed by atoms with Crippen LogP contribution in [0.5, 0.6) is 5.75 Å². The highest BCUT2D eigenvalue weighted by molar-refractivity contribution is 14.0. The zero-order valence-electron chi connectivity index (χ0n) is 15.3. The van der Waals surface area contributed by atoms with E-state index >= 15 is 0 Å². The van der Waals surface area contributed by atoms with E-state index in [0.29, 0.717) is 0 Å². The molecule has 1 aliphatic heterocycles. The molecule has 1 saturated heterocycles. The second-order valence-electron chi connectivity index (χ2n) is 5.74. The minimum atomic E-state index is 0. The number of morpholine rings is 1. The van der Waals surface area contributed by atoms with Crippen molar-refractivity contribution in [3.05, 3.63) is 29.8 Å². The number of ether oxygens (including phenoxy) is 2. The lowest BCUT2D eigenvalue weighted by Gasteiger charge is -2.25. The van der Waals surface area contributed by atoms with Crippen LogP contribution in [0.4, 0.5) is 0 Å². The van der Waals surface area contributed by atoms with Crippen LogP contribution in [0.1, 0.15) is 12.5 Å². The molecule has 0 aromatic heterocycles. The van der Waals surface area contributed by atoms with Crippen molar-refractivity contribution in [1.29, 1.82) is 0 Å². The van der Waals surface area contributed by atoms with Crippen molar-refractivity contribution in [3.63, 3.8) is 0 Å². The molecule has 0 unspecified atom stereocenters. The van der Waals surface area contributed by atoms with Crippen molar-refractivity contribution >= 4 is 29.9 Å². The standard InChI is InChI=1S/C18H30N4O2.HI/c1-3-19-18(21-10-11-22-12-14-24-15-13-22)20-9-8-16-4-6-17(23-2)7-5-16;/h4-7H,3,8-15H2,1-2H3,(H2,19,20,21);1H. The molecule has 1 fully saturated rings. The molecule has 2 rings (SSSR count). The maximum atomic E-state index is 5.37. The molecule has 1 aliphatic rings. The number of hydrogen-bond acceptors (Lipinski definition) is 4. The van der Waals surface area contributed by atoms with E-state index in [9.17, 15) is 0 Å². The fourth-order valence-corrected chi connectivity index (χ4v) is 2.59. The number of hydrogen-bond donors (Lipinski definition) is 2. The molecular weight excluding hydrogens is 431 g/mol. The Morgan fingerprint density at radius 1 is 1.20 bits per heavy atom. The summed E-state index contributed by atoms with van der Waals surface area (Å²) in [6.45, 7) is 9.29. The Kier molecular flexibility index (Phi) is 11.6. The Morgan fingerprint density at radius 3 is 2.56 bits per heavy atom. The van der Waals surface area contributed by atoms with Crippen molar-refractivity contribution in [2.45, 2.75) is 13.3 Å². The van der Waals surface area contributed by atoms with Crippen molar-refractivity contribution in [1.82, 2.24) is 15.5 Å². The van der Waals surface area contributed by atoms with Gasteiger partial charge in [-0.15, -0.1) is 24.0 Å². The van der Waals surface area contributed by atoms with Gasteiger partial charge >= 0.3 is 0 Å². The Balaban J connectivity index is 0.00000312. The van der Waals surface area contributed by atoms with Gasteiger partial charge in [0.05, 0.1) is 26.9 Å². The summed E-state index contributed by atoms with van der Waals surface area (Å²) in [7, 11) is 1.69. The van der Waals surface area contributed by atoms with Gasteiger partial charge in [0.15, 0.2) is 5.96 Å². The summed E-state index contributed by atoms with van der Waals surface area (Å²) in [6, 6.07) is 8.19. The van der Waals surface area contributed by atoms with E-state index in [1.807, 2.05) is 12.1 Å². The number of halogens is 1. The van der Waals surface area contributed by atoms with Gasteiger partial charge in [-0.3, -0.25) is 9.89 Å². The predicted octanol–water partition coefficient (Wildman–Crippen LogP) is 1.74. The van der Waals surface area contributed by atoms with E-state index in [1.165, 1.54) is 5.56 Å². The van der Waals surface area contributed by atoms with Gasteiger partial charge in [-0.25, -0.2) is 0 Å². The van der Waals surface area contributed by atoms with Crippen molar-refractivity contribution in [2.75, 3.05) is 59.6 Å². The summed E-state index contributed by atoms with van der Waals surface area (Å²) in [4.78, 5) is 7.05. The van der Waals surface area contributed by atoms with E-state index in [2.05, 4.69) is 39.6 Å². The molecule has 0 spiro atoms. The first-order valence-corrected chi connectivity index (χ1v) is 8.77. The summed E-state index contributed by atoms with van der Waals surface area (Å²) in [5, 5.41) is 6.70. The summed E-state index contributed by atoms with van der Waals surface area (Å²) in [6.07, 6.45) is 0.956. The van der Waals surface area contributed by atoms with E-state index < -0.39 is 0 Å². The molecule has 6 nitrogen and oxygen atoms in total. The molecule has 142 valence electrons. The molecule has 1 aromatic carbocycles. The number of guanidine groups is 1. The Hall–Kier alpha value is -1.06. The first-order chi connectivity index (χ1) is 11.8. The van der Waals surface area contributed by atoms with E-state index in [4.69, 9.17) is 9.47 Å². The molecule has 1 heterocycles. The molecule has 7 heteroatoms. The van der Waals surface area contributed by atoms with Gasteiger partial charge in [-0.2, -0.15) is 0 Å². The molecule has 2 N–H and O–H groups in total. The second kappa shape index (κ2) is 13.2. The Morgan fingerprint density at radius 2 is 1.92 bits per heavy atom. The van der Waals surface area contributed by atoms with Gasteiger partial charge < -0.3 is 20.1 Å². The van der Waals surface area contributed by atoms with Crippen molar-refractivity contribution < 1.29 is 9.47 Å². The van der Waals surface area contributed by atoms with Gasteiger partial charge in [-0.1, -0.05) is 12.1 Å². The minimum Gasteiger partial charge on any atom is -0.497 e. The Bertz CT molecular complexity index is 490. The van der Waals surface area contributed by atoms with Crippen LogP contribution in [0, 0.1) is 0 Å². The third-order valence-corrected chi connectivity index (χ3v) is 4.00. The first-order valence-electron chi connectivity index (χ1n) is 8.77. The molecule has 0 bridgehead atoms. The quantitative estimate of drug-likeness (QED) is 0.350. The summed E-state index contributed by atoms with van der Waals surface area (Å²) in [5.41, 5.74) is 1.28. The lowest BCUT2D eigenvalue weighted by molar-refractivity contribution is 0.0394. The number of methoxy groups -OCH3 is 1. The average molecular weight is 462 g/mol. The number of nitrogens with zero attached hydrogens (tertiary/aromatic N) is 2. The highest BCUT2D eigenvalue weighted by Gasteiger charge is 2.09. The number of benzene rings is 1. The average Bonchev–Trinajstić information content (AvgIpc) is 2.63. The summed E-state index contributed by atoms with van der Waals surface area (Å²) < 4.78 is 10.5. The fourth-order valence-electron chi connectivity index (χ4n) is 2.59. The predicted molar refractivity (Wildman–Crippen MR) is 113 cm³/mol. The SMILES string of the molecule is CCNC(=NCCN1CCOCC1)NCCc1ccc(OC)cc1.I. The van der Waals surface area contributed by atoms with E-state index in [-0.39, 0.29) is 24.0 Å². The molecule has 0 saturated carbocycles. The summed E-state index contributed by atoms with van der Waals surface area (Å²) in [5.74, 6) is 1.78. The topological polar surface area (TPSA) is 58.1 Å². The minimum absolute atomic E-state index is 0. The molecular formula is C18H31IN4O2. The molecule has 25 heavy (non-hydrogen) atoms. The normalized spacial score (nSPS) is 15.4. The lowest BCUT2D eigenvalue weighted by atomic mass is 10.1. The number of rotatable bonds is 8. The van der Waals surface area contributed by atoms with Gasteiger partial charge in [0.1, 0.15) is 5.75 Å². The lowest BCUT2D eigenvalue weighted by Crippen LogP contribution is -2.40. The summed E-state index contributed by atoms with van der Waals surface area (Å²) >= 11 is 0. The molecule has 0 atom stereocenters. The zero-order valence-corrected chi connectivity index (χ0v) is 17.6. The van der Waals surface area contributed by atoms with E-state index in [0.717, 1.165) is 70.6 Å². The van der Waals surface area contributed by atoms with Crippen LogP contribution in [0.2, 0.25) is 0 Å². The highest BCUT2D eigenvalue weighted by Crippen LogP contribution is 2.11. The molecule has 0 amide bonds. The first kappa shape index (κ1) is 22.0. The van der Waals surface area contributed by atoms with Gasteiger partial charge in [0.2, 0.25) is 0 Å². The third kappa shape index (κ3) is 8.73. The Labute approximate surface area is 168 Å². The smallest absolute Gasteiger partial charge is 0.191 e. The highest BCUT2D eigenvalue weighted by atomic mass is 127. The maximum absolute atomic E-state index is 5.37. The molecule has 0 radical (unpaired) electrons. The number of aliphatic imine (C=N–C) groups is 1. The largest absolute Gasteiger partial charge is 0.497 e. The zero-order chi connectivity index (χ0) is 17.0. The van der Waals surface area contributed by atoms with Crippen molar-refractivity contribution in [2.24, 2.45) is 4.99 Å². The van der Waals surface area contributed by atoms with Crippen LogP contribution in [0.25, 0.3) is 0 Å². The van der Waals surface area contributed by atoms with Crippen molar-refractivity contribution in [3.8, 4) is 5.75 Å². The monoisotopic (exact) mass is 462 g/mol. The van der Waals surface area contributed by atoms with Gasteiger partial charge in [0.25, 0.3) is 0 Å². The fraction of sp³-hybridized carbons (Fsp3) is 0.611. The van der Waals surface area contributed by atoms with Crippen LogP contribution in [0.15, 0.2) is 29.3 Å². The molecule has 1 aromatic rings.